The molecule has 0 spiro atoms. The topological polar surface area (TPSA) is 124 Å². The molecule has 0 unspecified atom stereocenters. The van der Waals surface area contributed by atoms with Crippen molar-refractivity contribution in [1.82, 2.24) is 20.6 Å². The second-order valence-electron chi connectivity index (χ2n) is 10.1. The lowest BCUT2D eigenvalue weighted by Gasteiger charge is -2.24. The first kappa shape index (κ1) is 27.3. The van der Waals surface area contributed by atoms with E-state index in [0.717, 1.165) is 42.6 Å². The highest BCUT2D eigenvalue weighted by atomic mass is 35.5. The molecule has 1 aromatic heterocycles. The van der Waals surface area contributed by atoms with Gasteiger partial charge in [-0.15, -0.1) is 0 Å². The summed E-state index contributed by atoms with van der Waals surface area (Å²) in [7, 11) is 0. The first-order chi connectivity index (χ1) is 18.2. The van der Waals surface area contributed by atoms with E-state index in [1.54, 1.807) is 24.4 Å². The summed E-state index contributed by atoms with van der Waals surface area (Å²) in [6.45, 7) is 7.76. The monoisotopic (exact) mass is 536 g/mol. The molecule has 0 saturated carbocycles. The van der Waals surface area contributed by atoms with E-state index in [1.165, 1.54) is 12.5 Å². The van der Waals surface area contributed by atoms with Gasteiger partial charge in [0.25, 0.3) is 0 Å². The summed E-state index contributed by atoms with van der Waals surface area (Å²) in [5.41, 5.74) is 7.23. The van der Waals surface area contributed by atoms with Crippen LogP contribution in [-0.2, 0) is 11.2 Å². The van der Waals surface area contributed by atoms with E-state index in [0.29, 0.717) is 27.9 Å². The van der Waals surface area contributed by atoms with Crippen LogP contribution in [0.25, 0.3) is 10.9 Å². The highest BCUT2D eigenvalue weighted by Crippen LogP contribution is 2.34. The predicted octanol–water partition coefficient (Wildman–Crippen LogP) is 4.53. The molecule has 2 heterocycles. The first-order valence-electron chi connectivity index (χ1n) is 12.6. The molecule has 4 N–H and O–H groups in total. The highest BCUT2D eigenvalue weighted by Gasteiger charge is 2.16. The number of hydrogen-bond donors (Lipinski definition) is 3. The Morgan fingerprint density at radius 2 is 2.00 bits per heavy atom. The van der Waals surface area contributed by atoms with Crippen LogP contribution in [0.5, 0.6) is 17.4 Å². The van der Waals surface area contributed by atoms with Crippen molar-refractivity contribution in [2.75, 3.05) is 13.1 Å². The third-order valence-corrected chi connectivity index (χ3v) is 6.08. The number of nitrogens with two attached hydrogens (primary N) is 1. The lowest BCUT2D eigenvalue weighted by atomic mass is 10.1. The lowest BCUT2D eigenvalue weighted by Crippen LogP contribution is -2.34. The summed E-state index contributed by atoms with van der Waals surface area (Å²) in [6.07, 6.45) is 6.51. The fraction of sp³-hybridized carbons (Fsp3) is 0.357. The minimum Gasteiger partial charge on any atom is -0.490 e. The van der Waals surface area contributed by atoms with Crippen molar-refractivity contribution in [3.8, 4) is 17.4 Å². The third kappa shape index (κ3) is 7.66. The van der Waals surface area contributed by atoms with Crippen molar-refractivity contribution in [2.24, 2.45) is 10.7 Å². The molecule has 0 atom stereocenters. The number of nitrogens with one attached hydrogen (secondary N) is 2. The second-order valence-corrected chi connectivity index (χ2v) is 10.5. The quantitative estimate of drug-likeness (QED) is 0.361. The summed E-state index contributed by atoms with van der Waals surface area (Å²) in [4.78, 5) is 25.6. The van der Waals surface area contributed by atoms with E-state index < -0.39 is 0 Å². The van der Waals surface area contributed by atoms with Crippen LogP contribution < -0.4 is 25.8 Å². The van der Waals surface area contributed by atoms with E-state index in [-0.39, 0.29) is 24.0 Å². The third-order valence-electron chi connectivity index (χ3n) is 5.78. The molecule has 0 radical (unpaired) electrons. The fourth-order valence-corrected chi connectivity index (χ4v) is 4.13. The maximum absolute atomic E-state index is 12.5. The molecule has 1 amide bonds. The fourth-order valence-electron chi connectivity index (χ4n) is 3.88. The average molecular weight is 537 g/mol. The van der Waals surface area contributed by atoms with Crippen LogP contribution in [0.15, 0.2) is 59.6 Å². The van der Waals surface area contributed by atoms with Gasteiger partial charge in [-0.25, -0.2) is 9.97 Å². The van der Waals surface area contributed by atoms with Crippen molar-refractivity contribution < 1.29 is 14.3 Å². The zero-order valence-electron chi connectivity index (χ0n) is 21.8. The summed E-state index contributed by atoms with van der Waals surface area (Å²) in [6, 6.07) is 10.9. The van der Waals surface area contributed by atoms with Gasteiger partial charge in [-0.2, -0.15) is 0 Å². The molecule has 38 heavy (non-hydrogen) atoms. The first-order valence-corrected chi connectivity index (χ1v) is 12.9. The summed E-state index contributed by atoms with van der Waals surface area (Å²) < 4.78 is 12.3. The van der Waals surface area contributed by atoms with Crippen LogP contribution in [0, 0.1) is 0 Å². The highest BCUT2D eigenvalue weighted by molar-refractivity contribution is 6.32. The lowest BCUT2D eigenvalue weighted by molar-refractivity contribution is -0.119. The summed E-state index contributed by atoms with van der Waals surface area (Å²) >= 11 is 6.52. The van der Waals surface area contributed by atoms with Gasteiger partial charge in [-0.05, 0) is 82.6 Å². The molecule has 9 nitrogen and oxygen atoms in total. The molecule has 1 aliphatic heterocycles. The molecule has 0 bridgehead atoms. The Balaban J connectivity index is 1.45. The number of hydrogen-bond acceptors (Lipinski definition) is 8. The Hall–Kier alpha value is -3.69. The summed E-state index contributed by atoms with van der Waals surface area (Å²) in [5.74, 6) is 1.29. The molecule has 3 aromatic rings. The minimum atomic E-state index is -0.279. The molecule has 0 aliphatic carbocycles. The largest absolute Gasteiger partial charge is 0.490 e. The maximum Gasteiger partial charge on any atom is 0.230 e. The Labute approximate surface area is 227 Å². The van der Waals surface area contributed by atoms with Crippen LogP contribution in [0.4, 0.5) is 0 Å². The Morgan fingerprint density at radius 3 is 2.71 bits per heavy atom. The minimum absolute atomic E-state index is 0.106. The van der Waals surface area contributed by atoms with Gasteiger partial charge < -0.3 is 25.8 Å². The number of aromatic nitrogens is 2. The average Bonchev–Trinajstić information content (AvgIpc) is 2.88. The van der Waals surface area contributed by atoms with E-state index in [1.807, 2.05) is 39.0 Å². The number of rotatable bonds is 8. The van der Waals surface area contributed by atoms with E-state index in [9.17, 15) is 4.79 Å². The van der Waals surface area contributed by atoms with Crippen LogP contribution in [0.1, 0.15) is 39.2 Å². The van der Waals surface area contributed by atoms with Gasteiger partial charge in [0.2, 0.25) is 11.8 Å². The van der Waals surface area contributed by atoms with Crippen molar-refractivity contribution in [1.29, 1.82) is 0 Å². The zero-order chi connectivity index (χ0) is 27.1. The zero-order valence-corrected chi connectivity index (χ0v) is 22.6. The Morgan fingerprint density at radius 1 is 1.21 bits per heavy atom. The molecular weight excluding hydrogens is 504 g/mol. The van der Waals surface area contributed by atoms with Gasteiger partial charge in [0, 0.05) is 12.4 Å². The van der Waals surface area contributed by atoms with Crippen LogP contribution >= 0.6 is 11.6 Å². The van der Waals surface area contributed by atoms with Crippen LogP contribution in [0.2, 0.25) is 5.02 Å². The number of amides is 1. The molecule has 4 rings (SSSR count). The molecule has 1 fully saturated rings. The SMILES string of the molecule is CC(C)(C)N=CC(=CN)NC(=O)Cc1ccc(Oc2ncnc3ccc(OC4CCNCC4)cc23)c(Cl)c1. The van der Waals surface area contributed by atoms with Gasteiger partial charge in [0.15, 0.2) is 0 Å². The molecule has 10 heteroatoms. The molecule has 200 valence electrons. The number of allylic oxidation sites excluding steroid dienone is 1. The predicted molar refractivity (Wildman–Crippen MR) is 150 cm³/mol. The van der Waals surface area contributed by atoms with Crippen molar-refractivity contribution >= 4 is 34.6 Å². The number of fused-ring (bicyclic) bond motifs is 1. The summed E-state index contributed by atoms with van der Waals surface area (Å²) in [5, 5.41) is 7.17. The number of carbonyl (C=O) groups excluding carboxylic acids is 1. The van der Waals surface area contributed by atoms with Crippen molar-refractivity contribution in [2.45, 2.75) is 51.7 Å². The molecule has 1 aliphatic rings. The number of ether oxygens (including phenoxy) is 2. The molecule has 2 aromatic carbocycles. The van der Waals surface area contributed by atoms with Gasteiger partial charge >= 0.3 is 0 Å². The van der Waals surface area contributed by atoms with Gasteiger partial charge in [0.1, 0.15) is 23.9 Å². The second kappa shape index (κ2) is 12.2. The number of nitrogens with zero attached hydrogens (tertiary/aromatic N) is 3. The maximum atomic E-state index is 12.5. The van der Waals surface area contributed by atoms with Gasteiger partial charge in [-0.3, -0.25) is 9.79 Å². The van der Waals surface area contributed by atoms with E-state index >= 15 is 0 Å². The number of piperidine rings is 1. The van der Waals surface area contributed by atoms with Gasteiger partial charge in [0.05, 0.1) is 33.6 Å². The number of benzene rings is 2. The van der Waals surface area contributed by atoms with Crippen LogP contribution in [0.3, 0.4) is 0 Å². The smallest absolute Gasteiger partial charge is 0.230 e. The standard InChI is InChI=1S/C28H33ClN6O3/c1-28(2,3)34-16-19(15-30)35-26(36)13-18-4-7-25(23(29)12-18)38-27-22-14-21(5-6-24(22)32-17-33-27)37-20-8-10-31-11-9-20/h4-7,12,14-17,20,31H,8-11,13,30H2,1-3H3,(H,35,36). The number of aliphatic imine (C=N–C) groups is 1. The van der Waals surface area contributed by atoms with Crippen molar-refractivity contribution in [3.63, 3.8) is 0 Å². The molecular formula is C28H33ClN6O3. The van der Waals surface area contributed by atoms with Crippen LogP contribution in [-0.4, -0.2) is 46.8 Å². The van der Waals surface area contributed by atoms with Crippen molar-refractivity contribution in [3.05, 3.63) is 65.2 Å². The normalized spacial score (nSPS) is 15.1. The Kier molecular flexibility index (Phi) is 8.81. The van der Waals surface area contributed by atoms with E-state index in [4.69, 9.17) is 26.8 Å². The Bertz CT molecular complexity index is 1350. The molecule has 1 saturated heterocycles. The number of halogens is 1. The van der Waals surface area contributed by atoms with E-state index in [2.05, 4.69) is 25.6 Å². The number of carbonyl (C=O) groups is 1. The van der Waals surface area contributed by atoms with Gasteiger partial charge in [-0.1, -0.05) is 17.7 Å².